The van der Waals surface area contributed by atoms with Gasteiger partial charge in [0, 0.05) is 28.5 Å². The van der Waals surface area contributed by atoms with Crippen LogP contribution in [0.15, 0.2) is 72.9 Å². The number of aromatic nitrogens is 1. The number of ether oxygens (including phenoxy) is 1. The number of carbonyl (C=O) groups excluding carboxylic acids is 2. The van der Waals surface area contributed by atoms with Gasteiger partial charge in [-0.15, -0.1) is 0 Å². The minimum absolute atomic E-state index is 0.161. The summed E-state index contributed by atoms with van der Waals surface area (Å²) < 4.78 is 7.30. The second kappa shape index (κ2) is 8.55. The number of amides is 2. The third-order valence-electron chi connectivity index (χ3n) is 4.87. The van der Waals surface area contributed by atoms with E-state index in [1.54, 1.807) is 53.1 Å². The molecule has 0 radical (unpaired) electrons. The van der Waals surface area contributed by atoms with Crippen LogP contribution in [0.1, 0.15) is 18.7 Å². The van der Waals surface area contributed by atoms with Crippen LogP contribution in [0.4, 0.5) is 11.4 Å². The van der Waals surface area contributed by atoms with Crippen LogP contribution in [0.25, 0.3) is 0 Å². The van der Waals surface area contributed by atoms with Gasteiger partial charge >= 0.3 is 0 Å². The number of nitrogens with one attached hydrogen (secondary N) is 1. The predicted molar refractivity (Wildman–Crippen MR) is 115 cm³/mol. The summed E-state index contributed by atoms with van der Waals surface area (Å²) in [7, 11) is 0. The first-order valence-corrected chi connectivity index (χ1v) is 10.0. The monoisotopic (exact) mass is 422 g/mol. The Kier molecular flexibility index (Phi) is 5.68. The lowest BCUT2D eigenvalue weighted by Crippen LogP contribution is -2.58. The van der Waals surface area contributed by atoms with E-state index in [2.05, 4.69) is 5.32 Å². The van der Waals surface area contributed by atoms with Gasteiger partial charge in [-0.05, 0) is 55.5 Å². The third kappa shape index (κ3) is 4.00. The van der Waals surface area contributed by atoms with Gasteiger partial charge in [0.15, 0.2) is 6.20 Å². The van der Waals surface area contributed by atoms with Gasteiger partial charge in [-0.1, -0.05) is 17.7 Å². The van der Waals surface area contributed by atoms with Crippen molar-refractivity contribution in [3.05, 3.63) is 83.6 Å². The molecule has 152 valence electrons. The van der Waals surface area contributed by atoms with Crippen LogP contribution in [0.2, 0.25) is 5.02 Å². The number of halogens is 1. The van der Waals surface area contributed by atoms with Crippen LogP contribution >= 0.6 is 11.6 Å². The number of carbonyl (C=O) groups is 2. The highest BCUT2D eigenvalue weighted by molar-refractivity contribution is 6.30. The molecule has 1 atom stereocenters. The van der Waals surface area contributed by atoms with Crippen molar-refractivity contribution in [3.63, 3.8) is 0 Å². The maximum atomic E-state index is 13.3. The van der Waals surface area contributed by atoms with E-state index in [1.165, 1.54) is 4.90 Å². The lowest BCUT2D eigenvalue weighted by molar-refractivity contribution is -0.695. The summed E-state index contributed by atoms with van der Waals surface area (Å²) in [5.74, 6) is 0.237. The van der Waals surface area contributed by atoms with Gasteiger partial charge in [0.2, 0.25) is 18.3 Å². The molecule has 0 saturated heterocycles. The van der Waals surface area contributed by atoms with Gasteiger partial charge in [0.25, 0.3) is 11.8 Å². The highest BCUT2D eigenvalue weighted by Gasteiger charge is 2.43. The molecule has 1 aliphatic heterocycles. The summed E-state index contributed by atoms with van der Waals surface area (Å²) in [4.78, 5) is 27.9. The summed E-state index contributed by atoms with van der Waals surface area (Å²) in [6.45, 7) is 2.62. The number of benzene rings is 2. The van der Waals surface area contributed by atoms with E-state index in [4.69, 9.17) is 16.3 Å². The first kappa shape index (κ1) is 19.9. The highest BCUT2D eigenvalue weighted by Crippen LogP contribution is 2.31. The number of nitrogens with zero attached hydrogens (tertiary/aromatic N) is 2. The van der Waals surface area contributed by atoms with Crippen molar-refractivity contribution in [2.24, 2.45) is 0 Å². The topological polar surface area (TPSA) is 62.5 Å². The summed E-state index contributed by atoms with van der Waals surface area (Å²) in [6.07, 6.45) is 1.81. The molecule has 4 rings (SSSR count). The molecule has 2 aromatic carbocycles. The molecule has 0 unspecified atom stereocenters. The van der Waals surface area contributed by atoms with Crippen molar-refractivity contribution in [2.45, 2.75) is 19.5 Å². The Labute approximate surface area is 179 Å². The van der Waals surface area contributed by atoms with Gasteiger partial charge in [0.1, 0.15) is 5.75 Å². The third-order valence-corrected chi connectivity index (χ3v) is 5.13. The molecule has 0 fully saturated rings. The molecule has 0 saturated carbocycles. The molecule has 3 aromatic rings. The summed E-state index contributed by atoms with van der Waals surface area (Å²) in [6, 6.07) is 18.8. The molecule has 30 heavy (non-hydrogen) atoms. The molecule has 1 aliphatic rings. The number of anilines is 2. The van der Waals surface area contributed by atoms with Crippen LogP contribution in [-0.2, 0) is 16.1 Å². The molecule has 1 aromatic heterocycles. The van der Waals surface area contributed by atoms with Gasteiger partial charge in [-0.2, -0.15) is 4.57 Å². The van der Waals surface area contributed by atoms with E-state index in [-0.39, 0.29) is 18.4 Å². The minimum Gasteiger partial charge on any atom is -0.494 e. The van der Waals surface area contributed by atoms with Crippen molar-refractivity contribution >= 4 is 34.8 Å². The highest BCUT2D eigenvalue weighted by atomic mass is 35.5. The van der Waals surface area contributed by atoms with E-state index in [9.17, 15) is 9.59 Å². The average molecular weight is 423 g/mol. The van der Waals surface area contributed by atoms with E-state index in [1.807, 2.05) is 31.3 Å². The number of hydrogen-bond acceptors (Lipinski definition) is 3. The SMILES string of the molecule is CCOc1ccc(N2C(=O)C[n+]3ccccc3[C@@H]2C(=O)Nc2ccc(Cl)cc2)cc1. The zero-order valence-electron chi connectivity index (χ0n) is 16.4. The van der Waals surface area contributed by atoms with Crippen LogP contribution in [0.3, 0.4) is 0 Å². The molecule has 0 bridgehead atoms. The second-order valence-electron chi connectivity index (χ2n) is 6.84. The minimum atomic E-state index is -0.818. The predicted octanol–water partition coefficient (Wildman–Crippen LogP) is 3.75. The number of fused-ring (bicyclic) bond motifs is 1. The van der Waals surface area contributed by atoms with Crippen molar-refractivity contribution in [3.8, 4) is 5.75 Å². The lowest BCUT2D eigenvalue weighted by Gasteiger charge is -2.32. The normalized spacial score (nSPS) is 15.5. The van der Waals surface area contributed by atoms with E-state index < -0.39 is 6.04 Å². The molecule has 0 aliphatic carbocycles. The molecule has 7 heteroatoms. The zero-order chi connectivity index (χ0) is 21.1. The fourth-order valence-electron chi connectivity index (χ4n) is 3.54. The summed E-state index contributed by atoms with van der Waals surface area (Å²) >= 11 is 5.94. The summed E-state index contributed by atoms with van der Waals surface area (Å²) in [5, 5.41) is 3.48. The molecule has 2 amide bonds. The van der Waals surface area contributed by atoms with Crippen molar-refractivity contribution in [1.82, 2.24) is 0 Å². The van der Waals surface area contributed by atoms with E-state index in [0.29, 0.717) is 28.8 Å². The summed E-state index contributed by atoms with van der Waals surface area (Å²) in [5.41, 5.74) is 1.98. The van der Waals surface area contributed by atoms with Crippen LogP contribution in [0, 0.1) is 0 Å². The van der Waals surface area contributed by atoms with E-state index >= 15 is 0 Å². The molecule has 2 heterocycles. The van der Waals surface area contributed by atoms with Crippen molar-refractivity contribution in [2.75, 3.05) is 16.8 Å². The molecule has 0 spiro atoms. The zero-order valence-corrected chi connectivity index (χ0v) is 17.2. The van der Waals surface area contributed by atoms with Crippen molar-refractivity contribution < 1.29 is 18.9 Å². The van der Waals surface area contributed by atoms with Crippen molar-refractivity contribution in [1.29, 1.82) is 0 Å². The molecule has 6 nitrogen and oxygen atoms in total. The van der Waals surface area contributed by atoms with Crippen LogP contribution in [0.5, 0.6) is 5.75 Å². The largest absolute Gasteiger partial charge is 0.494 e. The maximum absolute atomic E-state index is 13.3. The Balaban J connectivity index is 1.72. The number of hydrogen-bond donors (Lipinski definition) is 1. The lowest BCUT2D eigenvalue weighted by atomic mass is 10.0. The van der Waals surface area contributed by atoms with E-state index in [0.717, 1.165) is 5.69 Å². The fourth-order valence-corrected chi connectivity index (χ4v) is 3.66. The quantitative estimate of drug-likeness (QED) is 0.637. The first-order chi connectivity index (χ1) is 14.6. The Hall–Kier alpha value is -3.38. The van der Waals surface area contributed by atoms with Crippen LogP contribution in [-0.4, -0.2) is 18.4 Å². The molecule has 1 N–H and O–H groups in total. The number of pyridine rings is 1. The van der Waals surface area contributed by atoms with Gasteiger partial charge in [-0.25, -0.2) is 0 Å². The Morgan fingerprint density at radius 1 is 1.13 bits per heavy atom. The van der Waals surface area contributed by atoms with Gasteiger partial charge < -0.3 is 10.1 Å². The van der Waals surface area contributed by atoms with Gasteiger partial charge in [-0.3, -0.25) is 14.5 Å². The van der Waals surface area contributed by atoms with Gasteiger partial charge in [0.05, 0.1) is 6.61 Å². The first-order valence-electron chi connectivity index (χ1n) is 9.66. The molecular formula is C23H21ClN3O3+. The molecular weight excluding hydrogens is 402 g/mol. The van der Waals surface area contributed by atoms with Crippen LogP contribution < -0.4 is 19.5 Å². The Bertz CT molecular complexity index is 1070. The fraction of sp³-hybridized carbons (Fsp3) is 0.174. The average Bonchev–Trinajstić information content (AvgIpc) is 2.75. The standard InChI is InChI=1S/C23H20ClN3O3/c1-2-30-19-12-10-18(11-13-19)27-21(28)15-26-14-4-3-5-20(26)22(27)23(29)25-17-8-6-16(24)7-9-17/h3-14,22H,2,15H2,1H3/p+1/t22-/m1/s1. The second-order valence-corrected chi connectivity index (χ2v) is 7.28. The number of rotatable bonds is 5. The smallest absolute Gasteiger partial charge is 0.294 e. The Morgan fingerprint density at radius 3 is 2.57 bits per heavy atom. The Morgan fingerprint density at radius 2 is 1.87 bits per heavy atom. The maximum Gasteiger partial charge on any atom is 0.294 e.